The topological polar surface area (TPSA) is 46.2 Å². The van der Waals surface area contributed by atoms with Crippen LogP contribution in [0.3, 0.4) is 0 Å². The maximum absolute atomic E-state index is 9.08. The van der Waals surface area contributed by atoms with Gasteiger partial charge in [-0.05, 0) is 17.7 Å². The third kappa shape index (κ3) is 2.36. The molecule has 0 aromatic heterocycles. The van der Waals surface area contributed by atoms with Crippen molar-refractivity contribution >= 4 is 28.8 Å². The fraction of sp³-hybridized carbons (Fsp3) is 0.125. The first-order valence-electron chi connectivity index (χ1n) is 3.35. The highest BCUT2D eigenvalue weighted by molar-refractivity contribution is 7.80. The Morgan fingerprint density at radius 2 is 2.25 bits per heavy atom. The first-order chi connectivity index (χ1) is 5.59. The molecule has 0 amide bonds. The van der Waals surface area contributed by atoms with E-state index in [9.17, 15) is 0 Å². The number of rotatable bonds is 2. The highest BCUT2D eigenvalue weighted by Gasteiger charge is 2.00. The van der Waals surface area contributed by atoms with E-state index in [0.717, 1.165) is 5.56 Å². The molecule has 0 spiro atoms. The van der Waals surface area contributed by atoms with Crippen molar-refractivity contribution in [2.75, 3.05) is 0 Å². The van der Waals surface area contributed by atoms with E-state index in [4.69, 9.17) is 34.7 Å². The van der Waals surface area contributed by atoms with Crippen LogP contribution >= 0.6 is 23.8 Å². The molecule has 0 radical (unpaired) electrons. The second-order valence-corrected chi connectivity index (χ2v) is 3.36. The molecule has 0 saturated carbocycles. The predicted octanol–water partition coefficient (Wildman–Crippen LogP) is 1.87. The van der Waals surface area contributed by atoms with Gasteiger partial charge in [0, 0.05) is 6.42 Å². The summed E-state index contributed by atoms with van der Waals surface area (Å²) in [5, 5.41) is 9.40. The van der Waals surface area contributed by atoms with E-state index in [1.54, 1.807) is 12.1 Å². The maximum atomic E-state index is 9.08. The number of thiocarbonyl (C=S) groups is 1. The highest BCUT2D eigenvalue weighted by atomic mass is 35.5. The fourth-order valence-corrected chi connectivity index (χ4v) is 1.23. The molecule has 2 nitrogen and oxygen atoms in total. The summed E-state index contributed by atoms with van der Waals surface area (Å²) < 4.78 is 0. The molecular weight excluding hydrogens is 194 g/mol. The van der Waals surface area contributed by atoms with Crippen LogP contribution in [0.25, 0.3) is 0 Å². The molecule has 0 atom stereocenters. The Labute approximate surface area is 81.0 Å². The van der Waals surface area contributed by atoms with Crippen molar-refractivity contribution in [1.29, 1.82) is 0 Å². The zero-order valence-corrected chi connectivity index (χ0v) is 7.82. The number of phenols is 1. The number of phenolic OH excluding ortho intramolecular Hbond substituents is 1. The van der Waals surface area contributed by atoms with Gasteiger partial charge in [-0.25, -0.2) is 0 Å². The monoisotopic (exact) mass is 201 g/mol. The van der Waals surface area contributed by atoms with Gasteiger partial charge >= 0.3 is 0 Å². The first kappa shape index (κ1) is 9.29. The van der Waals surface area contributed by atoms with Crippen LogP contribution in [0, 0.1) is 0 Å². The molecule has 12 heavy (non-hydrogen) atoms. The molecule has 0 unspecified atom stereocenters. The van der Waals surface area contributed by atoms with Gasteiger partial charge in [0.25, 0.3) is 0 Å². The van der Waals surface area contributed by atoms with Crippen LogP contribution in [0.2, 0.25) is 5.02 Å². The van der Waals surface area contributed by atoms with E-state index in [2.05, 4.69) is 0 Å². The predicted molar refractivity (Wildman–Crippen MR) is 53.6 cm³/mol. The third-order valence-corrected chi connectivity index (χ3v) is 1.84. The largest absolute Gasteiger partial charge is 0.506 e. The second kappa shape index (κ2) is 3.74. The van der Waals surface area contributed by atoms with Gasteiger partial charge < -0.3 is 10.8 Å². The van der Waals surface area contributed by atoms with Crippen LogP contribution in [0.1, 0.15) is 5.56 Å². The molecule has 0 aliphatic rings. The molecule has 0 aliphatic carbocycles. The molecule has 0 saturated heterocycles. The van der Waals surface area contributed by atoms with E-state index in [1.807, 2.05) is 0 Å². The van der Waals surface area contributed by atoms with Gasteiger partial charge in [-0.1, -0.05) is 29.9 Å². The third-order valence-electron chi connectivity index (χ3n) is 1.39. The summed E-state index contributed by atoms with van der Waals surface area (Å²) >= 11 is 10.4. The second-order valence-electron chi connectivity index (χ2n) is 2.43. The van der Waals surface area contributed by atoms with Crippen molar-refractivity contribution in [3.63, 3.8) is 0 Å². The van der Waals surface area contributed by atoms with Crippen LogP contribution in [-0.2, 0) is 6.42 Å². The Bertz CT molecular complexity index is 314. The fourth-order valence-electron chi connectivity index (χ4n) is 0.862. The van der Waals surface area contributed by atoms with Gasteiger partial charge in [-0.2, -0.15) is 0 Å². The van der Waals surface area contributed by atoms with Crippen LogP contribution in [0.15, 0.2) is 18.2 Å². The first-order valence-corrected chi connectivity index (χ1v) is 4.14. The minimum absolute atomic E-state index is 0.0726. The lowest BCUT2D eigenvalue weighted by molar-refractivity contribution is 0.475. The van der Waals surface area contributed by atoms with Crippen LogP contribution in [0.4, 0.5) is 0 Å². The molecule has 0 aliphatic heterocycles. The number of hydrogen-bond donors (Lipinski definition) is 2. The average molecular weight is 202 g/mol. The number of halogens is 1. The Kier molecular flexibility index (Phi) is 2.89. The summed E-state index contributed by atoms with van der Waals surface area (Å²) in [6, 6.07) is 4.91. The molecular formula is C8H8ClNOS. The van der Waals surface area contributed by atoms with Gasteiger partial charge in [0.1, 0.15) is 5.75 Å². The quantitative estimate of drug-likeness (QED) is 0.719. The molecule has 1 aromatic rings. The lowest BCUT2D eigenvalue weighted by atomic mass is 10.1. The zero-order valence-electron chi connectivity index (χ0n) is 6.25. The molecule has 0 bridgehead atoms. The lowest BCUT2D eigenvalue weighted by Crippen LogP contribution is -2.10. The SMILES string of the molecule is NC(=S)Cc1ccc(O)c(Cl)c1. The van der Waals surface area contributed by atoms with E-state index >= 15 is 0 Å². The maximum Gasteiger partial charge on any atom is 0.134 e. The van der Waals surface area contributed by atoms with E-state index < -0.39 is 0 Å². The number of aromatic hydroxyl groups is 1. The van der Waals surface area contributed by atoms with Crippen LogP contribution in [-0.4, -0.2) is 10.1 Å². The van der Waals surface area contributed by atoms with Gasteiger partial charge in [0.05, 0.1) is 10.0 Å². The molecule has 3 N–H and O–H groups in total. The zero-order chi connectivity index (χ0) is 9.14. The number of benzene rings is 1. The van der Waals surface area contributed by atoms with E-state index in [-0.39, 0.29) is 5.75 Å². The lowest BCUT2D eigenvalue weighted by Gasteiger charge is -2.01. The molecule has 64 valence electrons. The van der Waals surface area contributed by atoms with Gasteiger partial charge in [-0.15, -0.1) is 0 Å². The number of nitrogens with two attached hydrogens (primary N) is 1. The molecule has 4 heteroatoms. The summed E-state index contributed by atoms with van der Waals surface area (Å²) in [4.78, 5) is 0.414. The summed E-state index contributed by atoms with van der Waals surface area (Å²) in [5.41, 5.74) is 6.25. The van der Waals surface area contributed by atoms with E-state index in [1.165, 1.54) is 6.07 Å². The standard InChI is InChI=1S/C8H8ClNOS/c9-6-3-5(4-8(10)12)1-2-7(6)11/h1-3,11H,4H2,(H2,10,12). The van der Waals surface area contributed by atoms with Gasteiger partial charge in [-0.3, -0.25) is 0 Å². The molecule has 0 heterocycles. The van der Waals surface area contributed by atoms with Crippen molar-refractivity contribution in [3.05, 3.63) is 28.8 Å². The van der Waals surface area contributed by atoms with Crippen LogP contribution < -0.4 is 5.73 Å². The van der Waals surface area contributed by atoms with Crippen LogP contribution in [0.5, 0.6) is 5.75 Å². The minimum Gasteiger partial charge on any atom is -0.506 e. The Hall–Kier alpha value is -0.800. The van der Waals surface area contributed by atoms with Crippen molar-refractivity contribution in [1.82, 2.24) is 0 Å². The van der Waals surface area contributed by atoms with Crippen molar-refractivity contribution in [2.24, 2.45) is 5.73 Å². The minimum atomic E-state index is 0.0726. The summed E-state index contributed by atoms with van der Waals surface area (Å²) in [7, 11) is 0. The van der Waals surface area contributed by atoms with Gasteiger partial charge in [0.2, 0.25) is 0 Å². The highest BCUT2D eigenvalue weighted by Crippen LogP contribution is 2.23. The molecule has 1 rings (SSSR count). The van der Waals surface area contributed by atoms with Crippen molar-refractivity contribution in [2.45, 2.75) is 6.42 Å². The summed E-state index contributed by atoms with van der Waals surface area (Å²) in [6.07, 6.45) is 0.509. The Morgan fingerprint density at radius 1 is 1.58 bits per heavy atom. The van der Waals surface area contributed by atoms with Crippen molar-refractivity contribution < 1.29 is 5.11 Å². The van der Waals surface area contributed by atoms with E-state index in [0.29, 0.717) is 16.4 Å². The Morgan fingerprint density at radius 3 is 2.75 bits per heavy atom. The molecule has 1 aromatic carbocycles. The normalized spacial score (nSPS) is 9.75. The molecule has 0 fully saturated rings. The summed E-state index contributed by atoms with van der Waals surface area (Å²) in [5.74, 6) is 0.0726. The smallest absolute Gasteiger partial charge is 0.134 e. The van der Waals surface area contributed by atoms with Crippen molar-refractivity contribution in [3.8, 4) is 5.75 Å². The van der Waals surface area contributed by atoms with Gasteiger partial charge in [0.15, 0.2) is 0 Å². The Balaban J connectivity index is 2.89. The number of hydrogen-bond acceptors (Lipinski definition) is 2. The average Bonchev–Trinajstić information content (AvgIpc) is 1.96. The summed E-state index contributed by atoms with van der Waals surface area (Å²) in [6.45, 7) is 0.